The van der Waals surface area contributed by atoms with Gasteiger partial charge in [0.25, 0.3) is 0 Å². The highest BCUT2D eigenvalue weighted by molar-refractivity contribution is 7.90. The molecule has 0 amide bonds. The largest absolute Gasteiger partial charge is 0.377 e. The third kappa shape index (κ3) is 4.34. The van der Waals surface area contributed by atoms with E-state index in [9.17, 15) is 8.42 Å². The van der Waals surface area contributed by atoms with Crippen LogP contribution in [0, 0.1) is 5.41 Å². The molecule has 1 N–H and O–H groups in total. The Morgan fingerprint density at radius 3 is 2.68 bits per heavy atom. The summed E-state index contributed by atoms with van der Waals surface area (Å²) < 4.78 is 35.1. The molecular weight excluding hydrogens is 372 g/mol. The van der Waals surface area contributed by atoms with E-state index in [0.717, 1.165) is 43.4 Å². The van der Waals surface area contributed by atoms with E-state index in [4.69, 9.17) is 4.74 Å². The molecule has 4 rings (SSSR count). The molecule has 1 aromatic heterocycles. The molecule has 1 fully saturated rings. The minimum atomic E-state index is -3.19. The lowest BCUT2D eigenvalue weighted by Crippen LogP contribution is -2.26. The van der Waals surface area contributed by atoms with Gasteiger partial charge in [0.05, 0.1) is 18.5 Å². The van der Waals surface area contributed by atoms with Gasteiger partial charge in [0.2, 0.25) is 10.0 Å². The van der Waals surface area contributed by atoms with E-state index >= 15 is 0 Å². The second kappa shape index (κ2) is 7.32. The van der Waals surface area contributed by atoms with E-state index < -0.39 is 10.0 Å². The number of nitrogens with one attached hydrogen (secondary N) is 1. The molecule has 28 heavy (non-hydrogen) atoms. The van der Waals surface area contributed by atoms with Crippen LogP contribution in [0.15, 0.2) is 30.5 Å². The molecule has 6 heteroatoms. The number of benzene rings is 1. The zero-order valence-electron chi connectivity index (χ0n) is 17.0. The lowest BCUT2D eigenvalue weighted by Gasteiger charge is -2.20. The van der Waals surface area contributed by atoms with E-state index in [1.807, 2.05) is 0 Å². The monoisotopic (exact) mass is 402 g/mol. The summed E-state index contributed by atoms with van der Waals surface area (Å²) in [5, 5.41) is 0.932. The predicted molar refractivity (Wildman–Crippen MR) is 114 cm³/mol. The van der Waals surface area contributed by atoms with Gasteiger partial charge >= 0.3 is 0 Å². The summed E-state index contributed by atoms with van der Waals surface area (Å²) in [6.07, 6.45) is 6.77. The molecule has 2 aliphatic rings. The fraction of sp³-hybridized carbons (Fsp3) is 0.545. The molecule has 1 aliphatic carbocycles. The van der Waals surface area contributed by atoms with Crippen molar-refractivity contribution in [2.45, 2.75) is 58.4 Å². The molecule has 1 aromatic carbocycles. The Hall–Kier alpha value is -1.63. The van der Waals surface area contributed by atoms with E-state index in [2.05, 4.69) is 60.5 Å². The molecule has 1 aliphatic heterocycles. The first kappa shape index (κ1) is 19.7. The lowest BCUT2D eigenvalue weighted by atomic mass is 9.96. The second-order valence-corrected chi connectivity index (χ2v) is 11.2. The molecule has 2 aromatic rings. The zero-order valence-corrected chi connectivity index (χ0v) is 17.8. The summed E-state index contributed by atoms with van der Waals surface area (Å²) in [7, 11) is -3.19. The van der Waals surface area contributed by atoms with Crippen LogP contribution < -0.4 is 4.72 Å². The molecular formula is C22H30N2O3S. The van der Waals surface area contributed by atoms with Gasteiger partial charge in [-0.05, 0) is 47.4 Å². The van der Waals surface area contributed by atoms with Gasteiger partial charge in [0, 0.05) is 30.2 Å². The van der Waals surface area contributed by atoms with Crippen molar-refractivity contribution < 1.29 is 13.2 Å². The number of aromatic nitrogens is 1. The minimum absolute atomic E-state index is 0.130. The fourth-order valence-corrected chi connectivity index (χ4v) is 5.16. The SMILES string of the molecule is CC(C)(C)Cn1cc(CNS(=O)(=O)C2CC2)c2ccc(C3=CCOCC3)cc21. The van der Waals surface area contributed by atoms with Gasteiger partial charge in [0.15, 0.2) is 0 Å². The maximum atomic E-state index is 12.3. The quantitative estimate of drug-likeness (QED) is 0.792. The van der Waals surface area contributed by atoms with Crippen molar-refractivity contribution in [1.29, 1.82) is 0 Å². The molecule has 0 saturated heterocycles. The third-order valence-electron chi connectivity index (χ3n) is 5.37. The maximum Gasteiger partial charge on any atom is 0.214 e. The summed E-state index contributed by atoms with van der Waals surface area (Å²) in [4.78, 5) is 0. The van der Waals surface area contributed by atoms with Crippen LogP contribution in [0.3, 0.4) is 0 Å². The van der Waals surface area contributed by atoms with Crippen molar-refractivity contribution in [1.82, 2.24) is 9.29 Å². The number of hydrogen-bond acceptors (Lipinski definition) is 3. The van der Waals surface area contributed by atoms with Crippen LogP contribution in [0.2, 0.25) is 0 Å². The lowest BCUT2D eigenvalue weighted by molar-refractivity contribution is 0.161. The molecule has 1 saturated carbocycles. The van der Waals surface area contributed by atoms with Gasteiger partial charge in [-0.15, -0.1) is 0 Å². The number of fused-ring (bicyclic) bond motifs is 1. The van der Waals surface area contributed by atoms with Crippen LogP contribution >= 0.6 is 0 Å². The van der Waals surface area contributed by atoms with Crippen molar-refractivity contribution in [3.05, 3.63) is 41.6 Å². The van der Waals surface area contributed by atoms with Crippen molar-refractivity contribution in [3.63, 3.8) is 0 Å². The van der Waals surface area contributed by atoms with Gasteiger partial charge in [-0.3, -0.25) is 0 Å². The van der Waals surface area contributed by atoms with Crippen LogP contribution in [-0.4, -0.2) is 31.4 Å². The predicted octanol–water partition coefficient (Wildman–Crippen LogP) is 4.07. The standard InChI is InChI=1S/C22H30N2O3S/c1-22(2,3)15-24-14-18(13-23-28(25,26)19-5-6-19)20-7-4-17(12-21(20)24)16-8-10-27-11-9-16/h4,7-8,12,14,19,23H,5-6,9-11,13,15H2,1-3H3. The third-order valence-corrected chi connectivity index (χ3v) is 7.27. The second-order valence-electron chi connectivity index (χ2n) is 9.19. The average molecular weight is 403 g/mol. The Labute approximate surface area is 167 Å². The molecule has 0 spiro atoms. The summed E-state index contributed by atoms with van der Waals surface area (Å²) in [5.41, 5.74) is 4.89. The van der Waals surface area contributed by atoms with Gasteiger partial charge in [0.1, 0.15) is 0 Å². The zero-order chi connectivity index (χ0) is 19.9. The summed E-state index contributed by atoms with van der Waals surface area (Å²) in [6.45, 7) is 9.33. The highest BCUT2D eigenvalue weighted by atomic mass is 32.2. The molecule has 0 unspecified atom stereocenters. The maximum absolute atomic E-state index is 12.3. The highest BCUT2D eigenvalue weighted by Gasteiger charge is 2.35. The Bertz CT molecular complexity index is 1010. The number of rotatable bonds is 6. The molecule has 5 nitrogen and oxygen atoms in total. The van der Waals surface area contributed by atoms with Crippen molar-refractivity contribution >= 4 is 26.5 Å². The molecule has 0 radical (unpaired) electrons. The number of hydrogen-bond donors (Lipinski definition) is 1. The average Bonchev–Trinajstić information content (AvgIpc) is 3.45. The van der Waals surface area contributed by atoms with Gasteiger partial charge in [-0.25, -0.2) is 13.1 Å². The minimum Gasteiger partial charge on any atom is -0.377 e. The molecule has 0 atom stereocenters. The van der Waals surface area contributed by atoms with Crippen molar-refractivity contribution in [2.75, 3.05) is 13.2 Å². The molecule has 0 bridgehead atoms. The Morgan fingerprint density at radius 1 is 1.25 bits per heavy atom. The summed E-state index contributed by atoms with van der Waals surface area (Å²) in [5.74, 6) is 0. The topological polar surface area (TPSA) is 60.3 Å². The van der Waals surface area contributed by atoms with Crippen LogP contribution in [0.5, 0.6) is 0 Å². The molecule has 2 heterocycles. The number of sulfonamides is 1. The first-order chi connectivity index (χ1) is 13.2. The Morgan fingerprint density at radius 2 is 2.04 bits per heavy atom. The van der Waals surface area contributed by atoms with Gasteiger partial charge in [-0.1, -0.05) is 39.0 Å². The highest BCUT2D eigenvalue weighted by Crippen LogP contribution is 2.31. The van der Waals surface area contributed by atoms with Gasteiger partial charge in [-0.2, -0.15) is 0 Å². The number of nitrogens with zero attached hydrogens (tertiary/aromatic N) is 1. The van der Waals surface area contributed by atoms with E-state index in [1.165, 1.54) is 16.7 Å². The number of ether oxygens (including phenoxy) is 1. The Balaban J connectivity index is 1.70. The van der Waals surface area contributed by atoms with Gasteiger partial charge < -0.3 is 9.30 Å². The van der Waals surface area contributed by atoms with Crippen LogP contribution in [0.1, 0.15) is 51.2 Å². The van der Waals surface area contributed by atoms with Crippen LogP contribution in [0.4, 0.5) is 0 Å². The first-order valence-corrected chi connectivity index (χ1v) is 11.6. The Kier molecular flexibility index (Phi) is 5.14. The summed E-state index contributed by atoms with van der Waals surface area (Å²) >= 11 is 0. The van der Waals surface area contributed by atoms with Crippen molar-refractivity contribution in [2.24, 2.45) is 5.41 Å². The van der Waals surface area contributed by atoms with Crippen LogP contribution in [0.25, 0.3) is 16.5 Å². The van der Waals surface area contributed by atoms with E-state index in [0.29, 0.717) is 13.2 Å². The summed E-state index contributed by atoms with van der Waals surface area (Å²) in [6, 6.07) is 6.54. The van der Waals surface area contributed by atoms with Crippen LogP contribution in [-0.2, 0) is 27.8 Å². The first-order valence-electron chi connectivity index (χ1n) is 10.1. The van der Waals surface area contributed by atoms with E-state index in [-0.39, 0.29) is 10.7 Å². The van der Waals surface area contributed by atoms with E-state index in [1.54, 1.807) is 0 Å². The normalized spacial score (nSPS) is 18.5. The smallest absolute Gasteiger partial charge is 0.214 e. The molecule has 152 valence electrons. The fourth-order valence-electron chi connectivity index (χ4n) is 3.81. The van der Waals surface area contributed by atoms with Crippen molar-refractivity contribution in [3.8, 4) is 0 Å².